The maximum absolute atomic E-state index is 5.71. The highest BCUT2D eigenvalue weighted by molar-refractivity contribution is 5.43. The molecule has 0 spiro atoms. The summed E-state index contributed by atoms with van der Waals surface area (Å²) in [6, 6.07) is 6.71. The smallest absolute Gasteiger partial charge is 0.161 e. The van der Waals surface area contributed by atoms with Gasteiger partial charge in [0, 0.05) is 12.6 Å². The van der Waals surface area contributed by atoms with Gasteiger partial charge in [-0.1, -0.05) is 18.2 Å². The first-order valence-electron chi connectivity index (χ1n) is 6.91. The number of methoxy groups -OCH3 is 1. The van der Waals surface area contributed by atoms with Gasteiger partial charge in [0.2, 0.25) is 0 Å². The standard InChI is InChI=1S/C16H23NO2/c1-12(2)19-15-9-8-13(10-16(15)18-3)11-17-14-6-4-5-7-14/h4-5,8-10,12,14,17H,6-7,11H2,1-3H3. The van der Waals surface area contributed by atoms with Crippen LogP contribution in [0.4, 0.5) is 0 Å². The fourth-order valence-corrected chi connectivity index (χ4v) is 2.22. The summed E-state index contributed by atoms with van der Waals surface area (Å²) in [6.45, 7) is 4.90. The molecule has 0 amide bonds. The average molecular weight is 261 g/mol. The van der Waals surface area contributed by atoms with Crippen molar-refractivity contribution >= 4 is 0 Å². The predicted octanol–water partition coefficient (Wildman–Crippen LogP) is 3.29. The van der Waals surface area contributed by atoms with Gasteiger partial charge in [-0.3, -0.25) is 0 Å². The molecule has 0 aliphatic heterocycles. The number of hydrogen-bond donors (Lipinski definition) is 1. The van der Waals surface area contributed by atoms with Crippen LogP contribution in [0.15, 0.2) is 30.4 Å². The molecule has 0 fully saturated rings. The van der Waals surface area contributed by atoms with Crippen LogP contribution in [-0.4, -0.2) is 19.3 Å². The molecular formula is C16H23NO2. The van der Waals surface area contributed by atoms with Gasteiger partial charge in [0.15, 0.2) is 11.5 Å². The maximum Gasteiger partial charge on any atom is 0.161 e. The molecule has 0 unspecified atom stereocenters. The molecule has 0 heterocycles. The van der Waals surface area contributed by atoms with Gasteiger partial charge in [-0.2, -0.15) is 0 Å². The fraction of sp³-hybridized carbons (Fsp3) is 0.500. The van der Waals surface area contributed by atoms with Crippen molar-refractivity contribution in [3.05, 3.63) is 35.9 Å². The van der Waals surface area contributed by atoms with Crippen LogP contribution >= 0.6 is 0 Å². The van der Waals surface area contributed by atoms with E-state index in [1.165, 1.54) is 5.56 Å². The Hall–Kier alpha value is -1.48. The second-order valence-corrected chi connectivity index (χ2v) is 5.17. The number of rotatable bonds is 6. The Balaban J connectivity index is 1.97. The number of ether oxygens (including phenoxy) is 2. The maximum atomic E-state index is 5.71. The highest BCUT2D eigenvalue weighted by Gasteiger charge is 2.11. The van der Waals surface area contributed by atoms with Crippen LogP contribution in [0.1, 0.15) is 32.3 Å². The molecule has 1 aromatic rings. The summed E-state index contributed by atoms with van der Waals surface area (Å²) in [5.41, 5.74) is 1.22. The van der Waals surface area contributed by atoms with E-state index in [-0.39, 0.29) is 6.10 Å². The molecular weight excluding hydrogens is 238 g/mol. The second kappa shape index (κ2) is 6.62. The van der Waals surface area contributed by atoms with Crippen molar-refractivity contribution in [3.63, 3.8) is 0 Å². The third-order valence-corrected chi connectivity index (χ3v) is 3.19. The first-order chi connectivity index (χ1) is 9.19. The minimum absolute atomic E-state index is 0.155. The molecule has 1 aliphatic rings. The first kappa shape index (κ1) is 13.9. The average Bonchev–Trinajstić information content (AvgIpc) is 2.90. The van der Waals surface area contributed by atoms with Crippen LogP contribution in [0.2, 0.25) is 0 Å². The van der Waals surface area contributed by atoms with Gasteiger partial charge in [0.1, 0.15) is 0 Å². The summed E-state index contributed by atoms with van der Waals surface area (Å²) in [5, 5.41) is 3.55. The molecule has 1 aliphatic carbocycles. The number of hydrogen-bond acceptors (Lipinski definition) is 3. The molecule has 0 aromatic heterocycles. The zero-order chi connectivity index (χ0) is 13.7. The Morgan fingerprint density at radius 1 is 1.21 bits per heavy atom. The van der Waals surface area contributed by atoms with Gasteiger partial charge in [-0.25, -0.2) is 0 Å². The van der Waals surface area contributed by atoms with E-state index in [9.17, 15) is 0 Å². The summed E-state index contributed by atoms with van der Waals surface area (Å²) in [7, 11) is 1.68. The summed E-state index contributed by atoms with van der Waals surface area (Å²) < 4.78 is 11.1. The molecule has 1 N–H and O–H groups in total. The van der Waals surface area contributed by atoms with Gasteiger partial charge < -0.3 is 14.8 Å². The minimum atomic E-state index is 0.155. The van der Waals surface area contributed by atoms with Gasteiger partial charge in [-0.05, 0) is 44.4 Å². The van der Waals surface area contributed by atoms with Crippen molar-refractivity contribution in [1.82, 2.24) is 5.32 Å². The quantitative estimate of drug-likeness (QED) is 0.797. The Morgan fingerprint density at radius 2 is 1.95 bits per heavy atom. The van der Waals surface area contributed by atoms with Gasteiger partial charge in [0.05, 0.1) is 13.2 Å². The third-order valence-electron chi connectivity index (χ3n) is 3.19. The SMILES string of the molecule is COc1cc(CNC2CC=CC2)ccc1OC(C)C. The van der Waals surface area contributed by atoms with E-state index in [1.807, 2.05) is 26.0 Å². The lowest BCUT2D eigenvalue weighted by Crippen LogP contribution is -2.25. The van der Waals surface area contributed by atoms with Crippen molar-refractivity contribution in [2.45, 2.75) is 45.4 Å². The molecule has 0 bridgehead atoms. The molecule has 3 nitrogen and oxygen atoms in total. The number of nitrogens with one attached hydrogen (secondary N) is 1. The number of benzene rings is 1. The molecule has 19 heavy (non-hydrogen) atoms. The topological polar surface area (TPSA) is 30.5 Å². The van der Waals surface area contributed by atoms with E-state index in [2.05, 4.69) is 23.5 Å². The Bertz CT molecular complexity index is 432. The van der Waals surface area contributed by atoms with E-state index in [4.69, 9.17) is 9.47 Å². The van der Waals surface area contributed by atoms with E-state index < -0.39 is 0 Å². The monoisotopic (exact) mass is 261 g/mol. The van der Waals surface area contributed by atoms with Crippen LogP contribution < -0.4 is 14.8 Å². The molecule has 0 saturated carbocycles. The Labute approximate surface area is 115 Å². The molecule has 3 heteroatoms. The van der Waals surface area contributed by atoms with Crippen molar-refractivity contribution < 1.29 is 9.47 Å². The van der Waals surface area contributed by atoms with Crippen LogP contribution in [0.5, 0.6) is 11.5 Å². The van der Waals surface area contributed by atoms with Crippen LogP contribution in [0.3, 0.4) is 0 Å². The van der Waals surface area contributed by atoms with E-state index in [0.717, 1.165) is 30.9 Å². The molecule has 1 aromatic carbocycles. The fourth-order valence-electron chi connectivity index (χ4n) is 2.22. The molecule has 104 valence electrons. The Kier molecular flexibility index (Phi) is 4.86. The summed E-state index contributed by atoms with van der Waals surface area (Å²) in [4.78, 5) is 0. The molecule has 0 atom stereocenters. The first-order valence-corrected chi connectivity index (χ1v) is 6.91. The van der Waals surface area contributed by atoms with Gasteiger partial charge in [0.25, 0.3) is 0 Å². The van der Waals surface area contributed by atoms with Crippen molar-refractivity contribution in [2.24, 2.45) is 0 Å². The van der Waals surface area contributed by atoms with Gasteiger partial charge in [-0.15, -0.1) is 0 Å². The summed E-state index contributed by atoms with van der Waals surface area (Å²) in [5.74, 6) is 1.61. The lowest BCUT2D eigenvalue weighted by Gasteiger charge is -2.16. The molecule has 0 saturated heterocycles. The zero-order valence-electron chi connectivity index (χ0n) is 12.0. The van der Waals surface area contributed by atoms with Crippen LogP contribution in [0.25, 0.3) is 0 Å². The van der Waals surface area contributed by atoms with E-state index >= 15 is 0 Å². The summed E-state index contributed by atoms with van der Waals surface area (Å²) in [6.07, 6.45) is 6.88. The largest absolute Gasteiger partial charge is 0.493 e. The lowest BCUT2D eigenvalue weighted by molar-refractivity contribution is 0.230. The highest BCUT2D eigenvalue weighted by Crippen LogP contribution is 2.29. The Morgan fingerprint density at radius 3 is 2.58 bits per heavy atom. The third kappa shape index (κ3) is 4.00. The lowest BCUT2D eigenvalue weighted by atomic mass is 10.1. The minimum Gasteiger partial charge on any atom is -0.493 e. The zero-order valence-corrected chi connectivity index (χ0v) is 12.0. The predicted molar refractivity (Wildman–Crippen MR) is 77.8 cm³/mol. The van der Waals surface area contributed by atoms with Crippen molar-refractivity contribution in [3.8, 4) is 11.5 Å². The van der Waals surface area contributed by atoms with Crippen LogP contribution in [0, 0.1) is 0 Å². The molecule has 0 radical (unpaired) electrons. The van der Waals surface area contributed by atoms with Crippen LogP contribution in [-0.2, 0) is 6.54 Å². The highest BCUT2D eigenvalue weighted by atomic mass is 16.5. The van der Waals surface area contributed by atoms with E-state index in [0.29, 0.717) is 6.04 Å². The van der Waals surface area contributed by atoms with Crippen molar-refractivity contribution in [2.75, 3.05) is 7.11 Å². The van der Waals surface area contributed by atoms with E-state index in [1.54, 1.807) is 7.11 Å². The van der Waals surface area contributed by atoms with Crippen molar-refractivity contribution in [1.29, 1.82) is 0 Å². The second-order valence-electron chi connectivity index (χ2n) is 5.17. The normalized spacial score (nSPS) is 15.2. The summed E-state index contributed by atoms with van der Waals surface area (Å²) >= 11 is 0. The van der Waals surface area contributed by atoms with Gasteiger partial charge >= 0.3 is 0 Å². The molecule has 2 rings (SSSR count).